The molecule has 1 unspecified atom stereocenters. The number of anilines is 1. The van der Waals surface area contributed by atoms with Gasteiger partial charge in [-0.1, -0.05) is 0 Å². The van der Waals surface area contributed by atoms with Gasteiger partial charge in [-0.3, -0.25) is 10.1 Å². The fourth-order valence-corrected chi connectivity index (χ4v) is 3.64. The van der Waals surface area contributed by atoms with E-state index in [-0.39, 0.29) is 11.3 Å². The molecule has 1 aromatic carbocycles. The maximum Gasteiger partial charge on any atom is 0.289 e. The van der Waals surface area contributed by atoms with E-state index in [4.69, 9.17) is 5.26 Å². The average Bonchev–Trinajstić information content (AvgIpc) is 3.09. The zero-order chi connectivity index (χ0) is 15.5. The zero-order valence-corrected chi connectivity index (χ0v) is 12.5. The monoisotopic (exact) mass is 300 g/mol. The summed E-state index contributed by atoms with van der Waals surface area (Å²) in [5.41, 5.74) is 0.877. The number of rotatable bonds is 3. The van der Waals surface area contributed by atoms with Gasteiger partial charge in [-0.25, -0.2) is 0 Å². The van der Waals surface area contributed by atoms with Gasteiger partial charge in [-0.15, -0.1) is 0 Å². The molecule has 2 heterocycles. The molecule has 2 aliphatic heterocycles. The number of nitro benzene ring substituents is 1. The summed E-state index contributed by atoms with van der Waals surface area (Å²) >= 11 is 0. The highest BCUT2D eigenvalue weighted by molar-refractivity contribution is 5.60. The average molecular weight is 300 g/mol. The van der Waals surface area contributed by atoms with Crippen LogP contribution >= 0.6 is 0 Å². The second kappa shape index (κ2) is 6.32. The number of nitro groups is 1. The first-order valence-corrected chi connectivity index (χ1v) is 7.86. The first kappa shape index (κ1) is 14.8. The molecule has 116 valence electrons. The Hall–Kier alpha value is -2.13. The Morgan fingerprint density at radius 1 is 1.32 bits per heavy atom. The molecule has 2 fully saturated rings. The van der Waals surface area contributed by atoms with Crippen molar-refractivity contribution in [3.63, 3.8) is 0 Å². The third-order valence-electron chi connectivity index (χ3n) is 4.87. The topological polar surface area (TPSA) is 82.2 Å². The number of benzene rings is 1. The number of nitriles is 1. The number of nitrogens with zero attached hydrogens (tertiary/aromatic N) is 3. The summed E-state index contributed by atoms with van der Waals surface area (Å²) in [6.07, 6.45) is 4.77. The van der Waals surface area contributed by atoms with Crippen molar-refractivity contribution in [3.8, 4) is 6.07 Å². The van der Waals surface area contributed by atoms with Crippen molar-refractivity contribution in [2.75, 3.05) is 24.5 Å². The van der Waals surface area contributed by atoms with Gasteiger partial charge in [0.1, 0.15) is 11.6 Å². The van der Waals surface area contributed by atoms with E-state index in [1.54, 1.807) is 6.07 Å². The van der Waals surface area contributed by atoms with E-state index >= 15 is 0 Å². The Morgan fingerprint density at radius 2 is 2.09 bits per heavy atom. The van der Waals surface area contributed by atoms with E-state index < -0.39 is 4.92 Å². The minimum absolute atomic E-state index is 0.0976. The Morgan fingerprint density at radius 3 is 2.68 bits per heavy atom. The maximum absolute atomic E-state index is 11.1. The summed E-state index contributed by atoms with van der Waals surface area (Å²) in [4.78, 5) is 12.8. The highest BCUT2D eigenvalue weighted by atomic mass is 16.6. The van der Waals surface area contributed by atoms with Crippen LogP contribution in [0, 0.1) is 27.4 Å². The molecular weight excluding hydrogens is 280 g/mol. The van der Waals surface area contributed by atoms with Crippen LogP contribution in [0.4, 0.5) is 11.4 Å². The van der Waals surface area contributed by atoms with E-state index in [0.29, 0.717) is 12.0 Å². The molecule has 2 aliphatic rings. The summed E-state index contributed by atoms with van der Waals surface area (Å²) < 4.78 is 0. The first-order valence-electron chi connectivity index (χ1n) is 7.86. The van der Waals surface area contributed by atoms with Gasteiger partial charge >= 0.3 is 0 Å². The molecule has 22 heavy (non-hydrogen) atoms. The smallest absolute Gasteiger partial charge is 0.289 e. The van der Waals surface area contributed by atoms with Gasteiger partial charge in [-0.2, -0.15) is 5.26 Å². The van der Waals surface area contributed by atoms with Crippen molar-refractivity contribution in [1.29, 1.82) is 5.26 Å². The van der Waals surface area contributed by atoms with Crippen LogP contribution in [0.5, 0.6) is 0 Å². The molecule has 0 saturated carbocycles. The molecule has 0 radical (unpaired) electrons. The fraction of sp³-hybridized carbons (Fsp3) is 0.562. The van der Waals surface area contributed by atoms with Crippen molar-refractivity contribution < 1.29 is 4.92 Å². The van der Waals surface area contributed by atoms with Crippen LogP contribution in [0.3, 0.4) is 0 Å². The van der Waals surface area contributed by atoms with Crippen LogP contribution in [0.1, 0.15) is 31.2 Å². The number of hydrogen-bond donors (Lipinski definition) is 1. The lowest BCUT2D eigenvalue weighted by Gasteiger charge is -2.36. The SMILES string of the molecule is N#Cc1ccc(N2CCC(C3CCCN3)CC2)cc1[N+](=O)[O-]. The van der Waals surface area contributed by atoms with Crippen LogP contribution in [-0.2, 0) is 0 Å². The quantitative estimate of drug-likeness (QED) is 0.685. The van der Waals surface area contributed by atoms with E-state index in [0.717, 1.165) is 38.2 Å². The molecule has 0 amide bonds. The largest absolute Gasteiger partial charge is 0.371 e. The van der Waals surface area contributed by atoms with Gasteiger partial charge in [-0.05, 0) is 50.3 Å². The molecular formula is C16H20N4O2. The molecule has 1 atom stereocenters. The van der Waals surface area contributed by atoms with Crippen molar-refractivity contribution in [2.45, 2.75) is 31.7 Å². The van der Waals surface area contributed by atoms with Crippen LogP contribution in [0.15, 0.2) is 18.2 Å². The molecule has 3 rings (SSSR count). The van der Waals surface area contributed by atoms with Crippen LogP contribution in [-0.4, -0.2) is 30.6 Å². The van der Waals surface area contributed by atoms with Gasteiger partial charge < -0.3 is 10.2 Å². The van der Waals surface area contributed by atoms with Gasteiger partial charge in [0.15, 0.2) is 0 Å². The van der Waals surface area contributed by atoms with Crippen molar-refractivity contribution in [2.24, 2.45) is 5.92 Å². The van der Waals surface area contributed by atoms with Crippen molar-refractivity contribution >= 4 is 11.4 Å². The van der Waals surface area contributed by atoms with Gasteiger partial charge in [0, 0.05) is 30.9 Å². The zero-order valence-electron chi connectivity index (χ0n) is 12.5. The third-order valence-corrected chi connectivity index (χ3v) is 4.87. The van der Waals surface area contributed by atoms with E-state index in [1.807, 2.05) is 12.1 Å². The van der Waals surface area contributed by atoms with Crippen LogP contribution in [0.2, 0.25) is 0 Å². The van der Waals surface area contributed by atoms with Gasteiger partial charge in [0.25, 0.3) is 5.69 Å². The highest BCUT2D eigenvalue weighted by Gasteiger charge is 2.29. The minimum atomic E-state index is -0.475. The normalized spacial score (nSPS) is 22.5. The lowest BCUT2D eigenvalue weighted by atomic mass is 9.88. The van der Waals surface area contributed by atoms with Crippen molar-refractivity contribution in [1.82, 2.24) is 5.32 Å². The van der Waals surface area contributed by atoms with Crippen molar-refractivity contribution in [3.05, 3.63) is 33.9 Å². The second-order valence-corrected chi connectivity index (χ2v) is 6.10. The van der Waals surface area contributed by atoms with E-state index in [2.05, 4.69) is 10.2 Å². The first-order chi connectivity index (χ1) is 10.7. The van der Waals surface area contributed by atoms with Crippen LogP contribution in [0.25, 0.3) is 0 Å². The molecule has 1 N–H and O–H groups in total. The summed E-state index contributed by atoms with van der Waals surface area (Å²) in [6, 6.07) is 7.44. The Kier molecular flexibility index (Phi) is 4.25. The Balaban J connectivity index is 1.69. The lowest BCUT2D eigenvalue weighted by molar-refractivity contribution is -0.385. The standard InChI is InChI=1S/C16H20N4O2/c17-11-13-3-4-14(10-16(13)20(21)22)19-8-5-12(6-9-19)15-2-1-7-18-15/h3-4,10,12,15,18H,1-2,5-9H2. The molecule has 1 aromatic rings. The Labute approximate surface area is 129 Å². The molecule has 2 saturated heterocycles. The fourth-order valence-electron chi connectivity index (χ4n) is 3.64. The lowest BCUT2D eigenvalue weighted by Crippen LogP contribution is -2.40. The second-order valence-electron chi connectivity index (χ2n) is 6.10. The van der Waals surface area contributed by atoms with Gasteiger partial charge in [0.05, 0.1) is 4.92 Å². The number of piperidine rings is 1. The van der Waals surface area contributed by atoms with Crippen LogP contribution < -0.4 is 10.2 Å². The minimum Gasteiger partial charge on any atom is -0.371 e. The van der Waals surface area contributed by atoms with E-state index in [9.17, 15) is 10.1 Å². The number of nitrogens with one attached hydrogen (secondary N) is 1. The molecule has 6 nitrogen and oxygen atoms in total. The third kappa shape index (κ3) is 2.90. The van der Waals surface area contributed by atoms with E-state index in [1.165, 1.54) is 18.9 Å². The summed E-state index contributed by atoms with van der Waals surface area (Å²) in [7, 11) is 0. The Bertz CT molecular complexity index is 597. The number of hydrogen-bond acceptors (Lipinski definition) is 5. The highest BCUT2D eigenvalue weighted by Crippen LogP contribution is 2.31. The molecule has 0 bridgehead atoms. The molecule has 0 spiro atoms. The molecule has 0 aliphatic carbocycles. The predicted octanol–water partition coefficient (Wildman–Crippen LogP) is 2.43. The summed E-state index contributed by atoms with van der Waals surface area (Å²) in [5.74, 6) is 0.715. The predicted molar refractivity (Wildman–Crippen MR) is 83.8 cm³/mol. The molecule has 0 aromatic heterocycles. The molecule has 6 heteroatoms. The summed E-state index contributed by atoms with van der Waals surface area (Å²) in [6.45, 7) is 2.98. The maximum atomic E-state index is 11.1. The van der Waals surface area contributed by atoms with Gasteiger partial charge in [0.2, 0.25) is 0 Å². The summed E-state index contributed by atoms with van der Waals surface area (Å²) in [5, 5.41) is 23.6.